The van der Waals surface area contributed by atoms with Crippen molar-refractivity contribution in [3.8, 4) is 11.3 Å². The number of cyclic esters (lactones) is 1. The topological polar surface area (TPSA) is 408 Å². The highest BCUT2D eigenvalue weighted by atomic mass is 16.6. The number of amides is 1. The number of nitrogens with zero attached hydrogens (tertiary/aromatic N) is 9. The molecule has 9 rings (SSSR count). The van der Waals surface area contributed by atoms with Crippen LogP contribution < -0.4 is 11.5 Å². The number of fused-ring (bicyclic) bond motifs is 5. The van der Waals surface area contributed by atoms with Crippen LogP contribution in [0.25, 0.3) is 33.4 Å². The van der Waals surface area contributed by atoms with Gasteiger partial charge in [-0.3, -0.25) is 28.8 Å². The Morgan fingerprint density at radius 1 is 0.727 bits per heavy atom. The number of methoxy groups -OCH3 is 3. The smallest absolute Gasteiger partial charge is 0.329 e. The van der Waals surface area contributed by atoms with Gasteiger partial charge in [-0.05, 0) is 170 Å². The number of aliphatic hydroxyl groups excluding tert-OH is 1. The summed E-state index contributed by atoms with van der Waals surface area (Å²) in [5, 5.41) is 38.0. The second kappa shape index (κ2) is 49.3. The quantitative estimate of drug-likeness (QED) is 0.0123. The van der Waals surface area contributed by atoms with Gasteiger partial charge in [-0.1, -0.05) is 82.7 Å². The number of unbranched alkanes of at least 4 members (excludes halogenated alkanes) is 3. The Morgan fingerprint density at radius 3 is 2.19 bits per heavy atom. The number of nitrogen functional groups attached to an aromatic ring is 2. The molecule has 3 fully saturated rings. The zero-order valence-electron chi connectivity index (χ0n) is 72.8. The van der Waals surface area contributed by atoms with Gasteiger partial charge in [-0.25, -0.2) is 24.1 Å². The Kier molecular flexibility index (Phi) is 39.4. The number of hydrogen-bond donors (Lipinski definition) is 4. The van der Waals surface area contributed by atoms with Crippen LogP contribution in [-0.4, -0.2) is 238 Å². The first-order valence-corrected chi connectivity index (χ1v) is 43.8. The molecule has 4 aromatic heterocycles. The van der Waals surface area contributed by atoms with E-state index in [1.165, 1.54) is 18.3 Å². The molecule has 5 aromatic rings. The van der Waals surface area contributed by atoms with Gasteiger partial charge in [0.25, 0.3) is 17.7 Å². The predicted molar refractivity (Wildman–Crippen MR) is 454 cm³/mol. The highest BCUT2D eigenvalue weighted by molar-refractivity contribution is 6.39. The molecule has 15 atom stereocenters. The number of oxazole rings is 1. The fourth-order valence-electron chi connectivity index (χ4n) is 16.8. The standard InChI is InChI=1S/C90H133N11O20/c1-58-23-13-11-14-24-59(2)76(111-8)54-70-34-31-64(7)90(110,121-70)84(107)87(108)100-37-19-16-30-72(100)88(109)119-77(55-73(104)60(3)50-63(6)82(106)83(113-10)81(105)62(5)49-58)61(4)51-65-32-35-75(78(52-65)112-9)118-41-20-17-25-67-56-99(98-96-67)39-42-115-44-46-117-48-47-116-45-43-114-40-22-29-69(103)28-21-27-68(102)26-15-12-18-38-101-86-79(85(91)93-57-94-86)80(97-101)66-33-36-74-71(53-66)95-89(92)120-74/h11,13-14,23-24,33,36,50,53,56-58,60-62,64-65,70,72,75-78,82-83,106,110H,12,15-22,25-32,34-35,37-49,51-52,54-55H2,1-10H3,(H2,92,95)(H2,91,93,94)/b14-11+,23-13+,59-24+,63-50+/t58-,60-,61-,62-,64-,65+,70+,72+,75-,76+,77+,78-,82-,83+,90-/m1/s1. The minimum Gasteiger partial charge on any atom is -0.460 e. The van der Waals surface area contributed by atoms with E-state index in [1.54, 1.807) is 51.8 Å². The fourth-order valence-corrected chi connectivity index (χ4v) is 16.8. The summed E-state index contributed by atoms with van der Waals surface area (Å²) in [4.78, 5) is 112. The minimum absolute atomic E-state index is 0.00555. The number of ketones is 5. The van der Waals surface area contributed by atoms with E-state index in [-0.39, 0.29) is 78.5 Å². The lowest BCUT2D eigenvalue weighted by molar-refractivity contribution is -0.265. The summed E-state index contributed by atoms with van der Waals surface area (Å²) >= 11 is 0. The van der Waals surface area contributed by atoms with Crippen molar-refractivity contribution in [2.45, 2.75) is 270 Å². The second-order valence-corrected chi connectivity index (χ2v) is 33.4. The van der Waals surface area contributed by atoms with Crippen LogP contribution in [0.2, 0.25) is 0 Å². The number of piperidine rings is 1. The fraction of sp³-hybridized carbons (Fsp3) is 0.678. The Bertz CT molecular complexity index is 4270. The molecule has 1 saturated carbocycles. The van der Waals surface area contributed by atoms with Crippen molar-refractivity contribution in [1.82, 2.24) is 44.6 Å². The van der Waals surface area contributed by atoms with Crippen LogP contribution in [0.3, 0.4) is 0 Å². The summed E-state index contributed by atoms with van der Waals surface area (Å²) in [6.45, 7) is 17.8. The maximum absolute atomic E-state index is 14.8. The van der Waals surface area contributed by atoms with Crippen LogP contribution >= 0.6 is 0 Å². The van der Waals surface area contributed by atoms with E-state index in [1.807, 2.05) is 81.1 Å². The van der Waals surface area contributed by atoms with Crippen LogP contribution in [0.15, 0.2) is 82.7 Å². The Morgan fingerprint density at radius 2 is 1.45 bits per heavy atom. The molecule has 668 valence electrons. The van der Waals surface area contributed by atoms with Gasteiger partial charge in [0.15, 0.2) is 17.0 Å². The van der Waals surface area contributed by atoms with E-state index in [0.29, 0.717) is 202 Å². The average molecular weight is 1690 g/mol. The molecule has 0 unspecified atom stereocenters. The number of aliphatic hydroxyl groups is 2. The zero-order valence-corrected chi connectivity index (χ0v) is 72.8. The van der Waals surface area contributed by atoms with Gasteiger partial charge in [0.1, 0.15) is 65.1 Å². The number of aryl methyl sites for hydroxylation is 2. The molecule has 1 aliphatic carbocycles. The van der Waals surface area contributed by atoms with Crippen molar-refractivity contribution in [3.05, 3.63) is 84.0 Å². The normalized spacial score (nSPS) is 27.3. The predicted octanol–water partition coefficient (Wildman–Crippen LogP) is 11.3. The highest BCUT2D eigenvalue weighted by Gasteiger charge is 2.53. The molecule has 2 bridgehead atoms. The van der Waals surface area contributed by atoms with Gasteiger partial charge in [-0.2, -0.15) is 10.1 Å². The van der Waals surface area contributed by atoms with Crippen molar-refractivity contribution in [1.29, 1.82) is 0 Å². The maximum atomic E-state index is 14.8. The second-order valence-electron chi connectivity index (χ2n) is 33.4. The van der Waals surface area contributed by atoms with Crippen LogP contribution in [0.5, 0.6) is 0 Å². The molecule has 3 aliphatic heterocycles. The molecule has 121 heavy (non-hydrogen) atoms. The van der Waals surface area contributed by atoms with E-state index in [0.717, 1.165) is 68.2 Å². The summed E-state index contributed by atoms with van der Waals surface area (Å²) in [6.07, 6.45) is 22.6. The van der Waals surface area contributed by atoms with Gasteiger partial charge >= 0.3 is 5.97 Å². The molecular weight excluding hydrogens is 1560 g/mol. The summed E-state index contributed by atoms with van der Waals surface area (Å²) in [6, 6.07) is 4.41. The van der Waals surface area contributed by atoms with E-state index in [4.69, 9.17) is 68.4 Å². The first kappa shape index (κ1) is 96.6. The van der Waals surface area contributed by atoms with Gasteiger partial charge < -0.3 is 78.4 Å². The molecule has 0 radical (unpaired) electrons. The number of rotatable bonds is 39. The maximum Gasteiger partial charge on any atom is 0.329 e. The Labute approximate surface area is 711 Å². The molecule has 6 N–H and O–H groups in total. The number of Topliss-reactive ketones (excluding diaryl/α,β-unsaturated/α-hetero) is 5. The molecule has 1 amide bonds. The molecule has 0 spiro atoms. The van der Waals surface area contributed by atoms with E-state index in [2.05, 4.69) is 25.3 Å². The number of nitrogens with two attached hydrogens (primary N) is 2. The number of carbonyl (C=O) groups is 7. The number of benzene rings is 1. The Hall–Kier alpha value is -8.21. The summed E-state index contributed by atoms with van der Waals surface area (Å²) < 4.78 is 68.6. The third-order valence-electron chi connectivity index (χ3n) is 24.0. The number of esters is 1. The van der Waals surface area contributed by atoms with Crippen LogP contribution in [-0.2, 0) is 100 Å². The van der Waals surface area contributed by atoms with Gasteiger partial charge in [0.2, 0.25) is 5.79 Å². The molecular formula is C90H133N11O20. The van der Waals surface area contributed by atoms with Crippen LogP contribution in [0.4, 0.5) is 11.8 Å². The summed E-state index contributed by atoms with van der Waals surface area (Å²) in [7, 11) is 4.64. The molecule has 2 saturated heterocycles. The highest BCUT2D eigenvalue weighted by Crippen LogP contribution is 2.40. The van der Waals surface area contributed by atoms with Crippen molar-refractivity contribution in [2.75, 3.05) is 98.8 Å². The summed E-state index contributed by atoms with van der Waals surface area (Å²) in [5.41, 5.74) is 17.4. The van der Waals surface area contributed by atoms with Gasteiger partial charge in [0.05, 0.1) is 88.3 Å². The van der Waals surface area contributed by atoms with Crippen molar-refractivity contribution in [2.24, 2.45) is 35.5 Å². The number of allylic oxidation sites excluding steroid dienone is 6. The number of anilines is 2. The lowest BCUT2D eigenvalue weighted by Gasteiger charge is -2.42. The summed E-state index contributed by atoms with van der Waals surface area (Å²) in [5.74, 6) is -7.58. The van der Waals surface area contributed by atoms with E-state index >= 15 is 0 Å². The first-order chi connectivity index (χ1) is 58.3. The molecule has 1 aromatic carbocycles. The lowest BCUT2D eigenvalue weighted by atomic mass is 9.78. The van der Waals surface area contributed by atoms with E-state index < -0.39 is 77.8 Å². The lowest BCUT2D eigenvalue weighted by Crippen LogP contribution is -2.61. The number of ether oxygens (including phenoxy) is 10. The van der Waals surface area contributed by atoms with Crippen LogP contribution in [0, 0.1) is 35.5 Å². The number of carbonyl (C=O) groups excluding carboxylic acids is 7. The molecule has 4 aliphatic rings. The largest absolute Gasteiger partial charge is 0.460 e. The third kappa shape index (κ3) is 28.9. The number of hydrogen-bond acceptors (Lipinski definition) is 28. The van der Waals surface area contributed by atoms with Crippen LogP contribution in [0.1, 0.15) is 202 Å². The molecule has 7 heterocycles. The third-order valence-corrected chi connectivity index (χ3v) is 24.0. The molecule has 31 nitrogen and oxygen atoms in total. The first-order valence-electron chi connectivity index (χ1n) is 43.8. The zero-order chi connectivity index (χ0) is 87.0. The van der Waals surface area contributed by atoms with Gasteiger partial charge in [-0.15, -0.1) is 5.10 Å². The average Bonchev–Trinajstić information content (AvgIpc) is 1.72. The van der Waals surface area contributed by atoms with Crippen molar-refractivity contribution in [3.63, 3.8) is 0 Å². The molecule has 31 heteroatoms. The SMILES string of the molecule is CO[C@H]1C[C@@H]2CC[C@@H](C)[C@@](O)(O2)C(=O)C(=O)N2CCCC[C@H]2C(=O)O[C@H]([C@H](C)C[C@@H]2CC[C@@H](OCCCCc3cn(CCOCCOCCOCCOCCCC(=O)CCCC(=O)CCCCCn4nc(-c5ccc6oc(N)nc6c5)c5c(N)ncnc54)nn3)[C@H](OC)C2)CC(=O)[C@H](C)/C=C(\C)[C@@H](O)[C@@H](OC)C(=O)[C@H](C)C[C@H](C)/C=C/C=C/C=C/1C. The van der Waals surface area contributed by atoms with E-state index in [9.17, 15) is 43.8 Å². The van der Waals surface area contributed by atoms with Crippen molar-refractivity contribution >= 4 is 74.8 Å². The monoisotopic (exact) mass is 1690 g/mol. The number of aromatic nitrogens is 8. The van der Waals surface area contributed by atoms with Gasteiger partial charge in [0, 0.05) is 116 Å². The minimum atomic E-state index is -2.46. The van der Waals surface area contributed by atoms with Crippen molar-refractivity contribution < 1.29 is 95.6 Å². The Balaban J connectivity index is 0.629.